The minimum absolute atomic E-state index is 0. The third kappa shape index (κ3) is 7.28. The second-order valence-electron chi connectivity index (χ2n) is 7.06. The minimum atomic E-state index is 0. The molecule has 1 aromatic heterocycles. The van der Waals surface area contributed by atoms with E-state index in [1.54, 1.807) is 11.8 Å². The van der Waals surface area contributed by atoms with Gasteiger partial charge in [-0.2, -0.15) is 0 Å². The van der Waals surface area contributed by atoms with Gasteiger partial charge in [0.05, 0.1) is 11.6 Å². The number of aromatic nitrogens is 1. The number of pyridine rings is 1. The molecule has 2 N–H and O–H groups in total. The summed E-state index contributed by atoms with van der Waals surface area (Å²) in [6, 6.07) is 4.13. The molecule has 0 bridgehead atoms. The Morgan fingerprint density at radius 2 is 2.04 bits per heavy atom. The number of halogens is 1. The number of hydrogen-bond acceptors (Lipinski definition) is 3. The molecule has 2 rings (SSSR count). The summed E-state index contributed by atoms with van der Waals surface area (Å²) in [5.74, 6) is 1.48. The lowest BCUT2D eigenvalue weighted by Crippen LogP contribution is -2.42. The van der Waals surface area contributed by atoms with Gasteiger partial charge < -0.3 is 10.6 Å². The van der Waals surface area contributed by atoms with Gasteiger partial charge in [0, 0.05) is 24.0 Å². The molecule has 23 heavy (non-hydrogen) atoms. The number of hydrogen-bond donors (Lipinski definition) is 1. The third-order valence-electron chi connectivity index (χ3n) is 3.74. The van der Waals surface area contributed by atoms with E-state index >= 15 is 0 Å². The minimum Gasteiger partial charge on any atom is -0.370 e. The molecule has 0 atom stereocenters. The molecule has 1 fully saturated rings. The Balaban J connectivity index is 0.00000264. The van der Waals surface area contributed by atoms with E-state index in [0.29, 0.717) is 12.5 Å². The zero-order valence-corrected chi connectivity index (χ0v) is 17.7. The highest BCUT2D eigenvalue weighted by atomic mass is 127. The predicted octanol–water partition coefficient (Wildman–Crippen LogP) is 4.14. The third-order valence-corrected chi connectivity index (χ3v) is 4.79. The maximum atomic E-state index is 6.14. The van der Waals surface area contributed by atoms with Gasteiger partial charge in [-0.15, -0.1) is 35.7 Å². The van der Waals surface area contributed by atoms with Gasteiger partial charge in [0.25, 0.3) is 0 Å². The van der Waals surface area contributed by atoms with Crippen LogP contribution >= 0.6 is 35.7 Å². The number of likely N-dealkylation sites (tertiary alicyclic amines) is 1. The highest BCUT2D eigenvalue weighted by Crippen LogP contribution is 2.30. The molecule has 0 unspecified atom stereocenters. The Morgan fingerprint density at radius 1 is 1.39 bits per heavy atom. The lowest BCUT2D eigenvalue weighted by molar-refractivity contribution is 0.277. The molecule has 0 saturated carbocycles. The van der Waals surface area contributed by atoms with Crippen molar-refractivity contribution in [1.82, 2.24) is 9.88 Å². The van der Waals surface area contributed by atoms with E-state index in [1.165, 1.54) is 12.8 Å². The van der Waals surface area contributed by atoms with Crippen molar-refractivity contribution in [3.8, 4) is 0 Å². The van der Waals surface area contributed by atoms with Gasteiger partial charge in [0.1, 0.15) is 0 Å². The lowest BCUT2D eigenvalue weighted by atomic mass is 10.00. The summed E-state index contributed by atoms with van der Waals surface area (Å²) < 4.78 is 0.165. The fourth-order valence-electron chi connectivity index (χ4n) is 2.43. The number of guanidine groups is 1. The van der Waals surface area contributed by atoms with Crippen LogP contribution in [-0.2, 0) is 6.54 Å². The van der Waals surface area contributed by atoms with Gasteiger partial charge >= 0.3 is 0 Å². The van der Waals surface area contributed by atoms with Crippen molar-refractivity contribution in [2.45, 2.75) is 56.9 Å². The van der Waals surface area contributed by atoms with Crippen LogP contribution < -0.4 is 5.73 Å². The zero-order valence-electron chi connectivity index (χ0n) is 14.6. The van der Waals surface area contributed by atoms with E-state index in [9.17, 15) is 0 Å². The summed E-state index contributed by atoms with van der Waals surface area (Å²) in [6.45, 7) is 11.6. The first-order valence-corrected chi connectivity index (χ1v) is 8.84. The van der Waals surface area contributed by atoms with Gasteiger partial charge in [-0.1, -0.05) is 27.7 Å². The molecule has 1 saturated heterocycles. The van der Waals surface area contributed by atoms with Gasteiger partial charge in [0.15, 0.2) is 5.96 Å². The molecule has 130 valence electrons. The van der Waals surface area contributed by atoms with Crippen molar-refractivity contribution in [2.75, 3.05) is 13.1 Å². The van der Waals surface area contributed by atoms with Crippen LogP contribution in [0.1, 0.15) is 46.1 Å². The van der Waals surface area contributed by atoms with Crippen LogP contribution in [0.2, 0.25) is 0 Å². The van der Waals surface area contributed by atoms with Crippen LogP contribution in [-0.4, -0.2) is 33.7 Å². The topological polar surface area (TPSA) is 54.5 Å². The van der Waals surface area contributed by atoms with Crippen molar-refractivity contribution in [3.63, 3.8) is 0 Å². The molecule has 0 aromatic carbocycles. The van der Waals surface area contributed by atoms with Crippen molar-refractivity contribution in [3.05, 3.63) is 23.9 Å². The molecule has 1 aliphatic heterocycles. The summed E-state index contributed by atoms with van der Waals surface area (Å²) in [4.78, 5) is 11.2. The van der Waals surface area contributed by atoms with Crippen LogP contribution in [0.15, 0.2) is 28.3 Å². The molecule has 4 nitrogen and oxygen atoms in total. The Hall–Kier alpha value is -0.500. The first-order chi connectivity index (χ1) is 10.3. The normalized spacial score (nSPS) is 17.0. The molecule has 2 heterocycles. The van der Waals surface area contributed by atoms with Gasteiger partial charge in [0.2, 0.25) is 0 Å². The predicted molar refractivity (Wildman–Crippen MR) is 111 cm³/mol. The number of nitrogens with zero attached hydrogens (tertiary/aromatic N) is 3. The largest absolute Gasteiger partial charge is 0.370 e. The van der Waals surface area contributed by atoms with Gasteiger partial charge in [-0.05, 0) is 36.5 Å². The van der Waals surface area contributed by atoms with Gasteiger partial charge in [-0.25, -0.2) is 9.98 Å². The summed E-state index contributed by atoms with van der Waals surface area (Å²) >= 11 is 1.78. The number of thioether (sulfide) groups is 1. The fourth-order valence-corrected chi connectivity index (χ4v) is 3.38. The average Bonchev–Trinajstić information content (AvgIpc) is 2.44. The monoisotopic (exact) mass is 448 g/mol. The van der Waals surface area contributed by atoms with Crippen LogP contribution in [0.4, 0.5) is 0 Å². The fraction of sp³-hybridized carbons (Fsp3) is 0.647. The molecule has 1 aliphatic rings. The highest BCUT2D eigenvalue weighted by Gasteiger charge is 2.17. The Kier molecular flexibility index (Phi) is 8.13. The molecule has 0 radical (unpaired) electrons. The standard InChI is InChI=1S/C17H28N4S.HI/c1-13-6-9-21(10-7-13)16(18)20-12-14-5-8-19-15(11-14)22-17(2,3)4;/h5,8,11,13H,6-7,9-10,12H2,1-4H3,(H2,18,20);1H. The average molecular weight is 448 g/mol. The van der Waals surface area contributed by atoms with Crippen LogP contribution in [0.5, 0.6) is 0 Å². The molecule has 0 amide bonds. The number of aliphatic imine (C=N–C) groups is 1. The summed E-state index contributed by atoms with van der Waals surface area (Å²) in [7, 11) is 0. The van der Waals surface area contributed by atoms with Crippen molar-refractivity contribution < 1.29 is 0 Å². The molecular weight excluding hydrogens is 419 g/mol. The molecule has 0 spiro atoms. The maximum absolute atomic E-state index is 6.14. The highest BCUT2D eigenvalue weighted by molar-refractivity contribution is 14.0. The summed E-state index contributed by atoms with van der Waals surface area (Å²) in [6.07, 6.45) is 4.27. The number of piperidine rings is 1. The Labute approximate surface area is 161 Å². The Bertz CT molecular complexity index is 520. The van der Waals surface area contributed by atoms with E-state index in [4.69, 9.17) is 5.73 Å². The second-order valence-corrected chi connectivity index (χ2v) is 8.91. The molecule has 6 heteroatoms. The van der Waals surface area contributed by atoms with Crippen LogP contribution in [0.25, 0.3) is 0 Å². The van der Waals surface area contributed by atoms with Gasteiger partial charge in [-0.3, -0.25) is 0 Å². The van der Waals surface area contributed by atoms with E-state index < -0.39 is 0 Å². The van der Waals surface area contributed by atoms with Crippen molar-refractivity contribution >= 4 is 41.7 Å². The number of rotatable bonds is 3. The molecule has 0 aliphatic carbocycles. The zero-order chi connectivity index (χ0) is 16.2. The lowest BCUT2D eigenvalue weighted by Gasteiger charge is -2.31. The Morgan fingerprint density at radius 3 is 2.65 bits per heavy atom. The smallest absolute Gasteiger partial charge is 0.191 e. The first kappa shape index (κ1) is 20.5. The van der Waals surface area contributed by atoms with Crippen LogP contribution in [0, 0.1) is 5.92 Å². The number of nitrogens with two attached hydrogens (primary N) is 1. The van der Waals surface area contributed by atoms with E-state index in [1.807, 2.05) is 12.3 Å². The molecule has 1 aromatic rings. The quantitative estimate of drug-likeness (QED) is 0.327. The first-order valence-electron chi connectivity index (χ1n) is 8.02. The van der Waals surface area contributed by atoms with E-state index in [2.05, 4.69) is 48.6 Å². The second kappa shape index (κ2) is 9.11. The summed E-state index contributed by atoms with van der Waals surface area (Å²) in [5.41, 5.74) is 7.30. The molecular formula is C17H29IN4S. The van der Waals surface area contributed by atoms with Crippen molar-refractivity contribution in [2.24, 2.45) is 16.6 Å². The van der Waals surface area contributed by atoms with Crippen molar-refractivity contribution in [1.29, 1.82) is 0 Å². The maximum Gasteiger partial charge on any atom is 0.191 e. The summed E-state index contributed by atoms with van der Waals surface area (Å²) in [5, 5.41) is 1.05. The van der Waals surface area contributed by atoms with E-state index in [0.717, 1.165) is 29.6 Å². The van der Waals surface area contributed by atoms with E-state index in [-0.39, 0.29) is 28.7 Å². The SMILES string of the molecule is CC1CCN(C(N)=NCc2ccnc(SC(C)(C)C)c2)CC1.I. The van der Waals surface area contributed by atoms with Crippen LogP contribution in [0.3, 0.4) is 0 Å².